The fourth-order valence-corrected chi connectivity index (χ4v) is 2.16. The van der Waals surface area contributed by atoms with E-state index in [1.807, 2.05) is 10.9 Å². The lowest BCUT2D eigenvalue weighted by molar-refractivity contribution is 0.199. The van der Waals surface area contributed by atoms with Crippen LogP contribution in [0.25, 0.3) is 0 Å². The van der Waals surface area contributed by atoms with Gasteiger partial charge in [-0.15, -0.1) is 12.4 Å². The summed E-state index contributed by atoms with van der Waals surface area (Å²) in [5.41, 5.74) is 1.32. The van der Waals surface area contributed by atoms with E-state index >= 15 is 0 Å². The van der Waals surface area contributed by atoms with E-state index in [1.165, 1.54) is 5.56 Å². The molecule has 0 radical (unpaired) electrons. The molecule has 2 rings (SSSR count). The van der Waals surface area contributed by atoms with Gasteiger partial charge in [-0.1, -0.05) is 0 Å². The van der Waals surface area contributed by atoms with Gasteiger partial charge in [0.15, 0.2) is 0 Å². The Labute approximate surface area is 110 Å². The molecule has 17 heavy (non-hydrogen) atoms. The summed E-state index contributed by atoms with van der Waals surface area (Å²) in [5, 5.41) is 7.83. The molecule has 1 atom stereocenters. The molecule has 0 amide bonds. The summed E-state index contributed by atoms with van der Waals surface area (Å²) in [7, 11) is 0. The topological polar surface area (TPSA) is 33.1 Å². The van der Waals surface area contributed by atoms with Gasteiger partial charge in [-0.3, -0.25) is 9.58 Å². The van der Waals surface area contributed by atoms with Crippen LogP contribution in [0.3, 0.4) is 0 Å². The Morgan fingerprint density at radius 1 is 1.53 bits per heavy atom. The highest BCUT2D eigenvalue weighted by molar-refractivity contribution is 5.85. The molecule has 0 aromatic carbocycles. The molecule has 1 saturated heterocycles. The third-order valence-electron chi connectivity index (χ3n) is 3.04. The molecule has 0 bridgehead atoms. The summed E-state index contributed by atoms with van der Waals surface area (Å²) >= 11 is 0. The van der Waals surface area contributed by atoms with Gasteiger partial charge in [0.25, 0.3) is 0 Å². The summed E-state index contributed by atoms with van der Waals surface area (Å²) < 4.78 is 2.03. The molecule has 1 aliphatic heterocycles. The highest BCUT2D eigenvalue weighted by Gasteiger charge is 2.16. The molecule has 1 N–H and O–H groups in total. The van der Waals surface area contributed by atoms with Gasteiger partial charge < -0.3 is 5.32 Å². The summed E-state index contributed by atoms with van der Waals surface area (Å²) in [6.07, 6.45) is 4.16. The Hall–Kier alpha value is -0.580. The van der Waals surface area contributed by atoms with Crippen molar-refractivity contribution in [2.24, 2.45) is 0 Å². The number of hydrogen-bond donors (Lipinski definition) is 1. The largest absolute Gasteiger partial charge is 0.312 e. The third kappa shape index (κ3) is 3.98. The van der Waals surface area contributed by atoms with Gasteiger partial charge in [-0.05, 0) is 20.8 Å². The molecule has 98 valence electrons. The molecular weight excluding hydrogens is 236 g/mol. The molecule has 1 aliphatic rings. The first kappa shape index (κ1) is 14.5. The van der Waals surface area contributed by atoms with Crippen LogP contribution < -0.4 is 5.32 Å². The second-order valence-electron chi connectivity index (χ2n) is 5.01. The molecule has 1 fully saturated rings. The minimum absolute atomic E-state index is 0. The molecule has 0 aliphatic carbocycles. The van der Waals surface area contributed by atoms with Crippen molar-refractivity contribution in [3.05, 3.63) is 18.0 Å². The fourth-order valence-electron chi connectivity index (χ4n) is 2.16. The van der Waals surface area contributed by atoms with Gasteiger partial charge >= 0.3 is 0 Å². The standard InChI is InChI=1S/C12H22N4.ClH/c1-10(2)16-9-12(6-14-16)8-15-5-4-13-11(3)7-15;/h6,9-11,13H,4-5,7-8H2,1-3H3;1H/t11-;/m0./s1. The van der Waals surface area contributed by atoms with Crippen LogP contribution in [0.1, 0.15) is 32.4 Å². The number of piperazine rings is 1. The van der Waals surface area contributed by atoms with E-state index in [-0.39, 0.29) is 12.4 Å². The number of nitrogens with zero attached hydrogens (tertiary/aromatic N) is 3. The van der Waals surface area contributed by atoms with E-state index in [0.29, 0.717) is 12.1 Å². The van der Waals surface area contributed by atoms with Crippen LogP contribution >= 0.6 is 12.4 Å². The van der Waals surface area contributed by atoms with Crippen LogP contribution in [0, 0.1) is 0 Å². The SMILES string of the molecule is CC(C)n1cc(CN2CCN[C@@H](C)C2)cn1.Cl. The van der Waals surface area contributed by atoms with Crippen LogP contribution in [0.15, 0.2) is 12.4 Å². The average Bonchev–Trinajstić information content (AvgIpc) is 2.66. The van der Waals surface area contributed by atoms with E-state index in [9.17, 15) is 0 Å². The van der Waals surface area contributed by atoms with Crippen molar-refractivity contribution in [2.75, 3.05) is 19.6 Å². The maximum absolute atomic E-state index is 4.37. The molecule has 0 unspecified atom stereocenters. The molecular formula is C12H23ClN4. The lowest BCUT2D eigenvalue weighted by atomic mass is 10.2. The molecule has 0 saturated carbocycles. The second-order valence-corrected chi connectivity index (χ2v) is 5.01. The normalized spacial score (nSPS) is 21.5. The Morgan fingerprint density at radius 3 is 2.88 bits per heavy atom. The average molecular weight is 259 g/mol. The van der Waals surface area contributed by atoms with Crippen molar-refractivity contribution in [3.8, 4) is 0 Å². The maximum atomic E-state index is 4.37. The van der Waals surface area contributed by atoms with Crippen molar-refractivity contribution in [2.45, 2.75) is 39.4 Å². The number of rotatable bonds is 3. The van der Waals surface area contributed by atoms with Crippen LogP contribution in [0.5, 0.6) is 0 Å². The van der Waals surface area contributed by atoms with Crippen molar-refractivity contribution in [3.63, 3.8) is 0 Å². The zero-order chi connectivity index (χ0) is 11.5. The molecule has 1 aromatic heterocycles. The monoisotopic (exact) mass is 258 g/mol. The Morgan fingerprint density at radius 2 is 2.29 bits per heavy atom. The summed E-state index contributed by atoms with van der Waals surface area (Å²) in [4.78, 5) is 2.49. The van der Waals surface area contributed by atoms with E-state index in [0.717, 1.165) is 26.2 Å². The molecule has 0 spiro atoms. The molecule has 1 aromatic rings. The van der Waals surface area contributed by atoms with Gasteiger partial charge in [0, 0.05) is 50.0 Å². The summed E-state index contributed by atoms with van der Waals surface area (Å²) in [5.74, 6) is 0. The highest BCUT2D eigenvalue weighted by atomic mass is 35.5. The van der Waals surface area contributed by atoms with Crippen molar-refractivity contribution < 1.29 is 0 Å². The number of halogens is 1. The Balaban J connectivity index is 0.00000144. The van der Waals surface area contributed by atoms with Crippen molar-refractivity contribution in [1.29, 1.82) is 0 Å². The van der Waals surface area contributed by atoms with Crippen LogP contribution in [0.4, 0.5) is 0 Å². The predicted octanol–water partition coefficient (Wildman–Crippen LogP) is 1.68. The lowest BCUT2D eigenvalue weighted by Gasteiger charge is -2.31. The zero-order valence-corrected chi connectivity index (χ0v) is 11.7. The summed E-state index contributed by atoms with van der Waals surface area (Å²) in [6, 6.07) is 1.06. The van der Waals surface area contributed by atoms with E-state index in [2.05, 4.69) is 42.3 Å². The van der Waals surface area contributed by atoms with Crippen LogP contribution in [0.2, 0.25) is 0 Å². The van der Waals surface area contributed by atoms with Crippen molar-refractivity contribution >= 4 is 12.4 Å². The number of hydrogen-bond acceptors (Lipinski definition) is 3. The van der Waals surface area contributed by atoms with E-state index < -0.39 is 0 Å². The number of nitrogens with one attached hydrogen (secondary N) is 1. The molecule has 2 heterocycles. The third-order valence-corrected chi connectivity index (χ3v) is 3.04. The second kappa shape index (κ2) is 6.38. The van der Waals surface area contributed by atoms with Gasteiger partial charge in [-0.2, -0.15) is 5.10 Å². The fraction of sp³-hybridized carbons (Fsp3) is 0.750. The van der Waals surface area contributed by atoms with Gasteiger partial charge in [0.1, 0.15) is 0 Å². The minimum Gasteiger partial charge on any atom is -0.312 e. The highest BCUT2D eigenvalue weighted by Crippen LogP contribution is 2.09. The molecule has 5 heteroatoms. The van der Waals surface area contributed by atoms with Gasteiger partial charge in [0.05, 0.1) is 6.20 Å². The smallest absolute Gasteiger partial charge is 0.0534 e. The first-order chi connectivity index (χ1) is 7.65. The first-order valence-electron chi connectivity index (χ1n) is 6.14. The van der Waals surface area contributed by atoms with E-state index in [4.69, 9.17) is 0 Å². The predicted molar refractivity (Wildman–Crippen MR) is 72.6 cm³/mol. The van der Waals surface area contributed by atoms with Gasteiger partial charge in [0.2, 0.25) is 0 Å². The summed E-state index contributed by atoms with van der Waals surface area (Å²) in [6.45, 7) is 10.9. The zero-order valence-electron chi connectivity index (χ0n) is 10.9. The van der Waals surface area contributed by atoms with Crippen molar-refractivity contribution in [1.82, 2.24) is 20.0 Å². The number of aromatic nitrogens is 2. The van der Waals surface area contributed by atoms with E-state index in [1.54, 1.807) is 0 Å². The Bertz CT molecular complexity index is 337. The Kier molecular flexibility index (Phi) is 5.43. The van der Waals surface area contributed by atoms with Crippen LogP contribution in [-0.2, 0) is 6.54 Å². The first-order valence-corrected chi connectivity index (χ1v) is 6.14. The maximum Gasteiger partial charge on any atom is 0.0534 e. The lowest BCUT2D eigenvalue weighted by Crippen LogP contribution is -2.48. The van der Waals surface area contributed by atoms with Crippen LogP contribution in [-0.4, -0.2) is 40.4 Å². The molecule has 4 nitrogen and oxygen atoms in total. The minimum atomic E-state index is 0. The van der Waals surface area contributed by atoms with Gasteiger partial charge in [-0.25, -0.2) is 0 Å². The quantitative estimate of drug-likeness (QED) is 0.896.